The molecule has 2 rings (SSSR count). The first-order valence-electron chi connectivity index (χ1n) is 7.06. The molecule has 6 nitrogen and oxygen atoms in total. The van der Waals surface area contributed by atoms with Crippen molar-refractivity contribution in [2.24, 2.45) is 0 Å². The third-order valence-electron chi connectivity index (χ3n) is 3.19. The number of anilines is 1. The van der Waals surface area contributed by atoms with Crippen LogP contribution in [-0.2, 0) is 9.59 Å². The lowest BCUT2D eigenvalue weighted by Crippen LogP contribution is -2.39. The molecular formula is C15H21N3O3. The second kappa shape index (κ2) is 6.97. The molecule has 1 aromatic carbocycles. The van der Waals surface area contributed by atoms with Crippen LogP contribution in [0.15, 0.2) is 24.3 Å². The molecule has 1 fully saturated rings. The Hall–Kier alpha value is -2.24. The number of amides is 2. The van der Waals surface area contributed by atoms with Gasteiger partial charge in [0.2, 0.25) is 11.8 Å². The van der Waals surface area contributed by atoms with Gasteiger partial charge in [-0.15, -0.1) is 0 Å². The number of carbonyl (C=O) groups is 2. The minimum Gasteiger partial charge on any atom is -0.493 e. The highest BCUT2D eigenvalue weighted by atomic mass is 16.5. The Morgan fingerprint density at radius 1 is 1.43 bits per heavy atom. The van der Waals surface area contributed by atoms with E-state index in [2.05, 4.69) is 5.32 Å². The summed E-state index contributed by atoms with van der Waals surface area (Å²) < 4.78 is 5.46. The van der Waals surface area contributed by atoms with Crippen LogP contribution in [-0.4, -0.2) is 43.0 Å². The molecule has 6 heteroatoms. The first-order valence-corrected chi connectivity index (χ1v) is 7.06. The van der Waals surface area contributed by atoms with E-state index in [1.807, 2.05) is 0 Å². The van der Waals surface area contributed by atoms with Crippen molar-refractivity contribution < 1.29 is 14.3 Å². The van der Waals surface area contributed by atoms with Gasteiger partial charge in [0.25, 0.3) is 0 Å². The van der Waals surface area contributed by atoms with Crippen LogP contribution in [0.4, 0.5) is 5.69 Å². The molecular weight excluding hydrogens is 270 g/mol. The van der Waals surface area contributed by atoms with Gasteiger partial charge < -0.3 is 20.7 Å². The molecule has 3 N–H and O–H groups in total. The standard InChI is InChI=1S/C15H21N3O3/c1-18(10-14(19)17-12-5-6-12)15(20)7-8-21-13-4-2-3-11(16)9-13/h2-4,9,12H,5-8,10,16H2,1H3,(H,17,19). The van der Waals surface area contributed by atoms with E-state index < -0.39 is 0 Å². The molecule has 0 unspecified atom stereocenters. The van der Waals surface area contributed by atoms with Crippen LogP contribution in [0.25, 0.3) is 0 Å². The first-order chi connectivity index (χ1) is 10.0. The second-order valence-electron chi connectivity index (χ2n) is 5.26. The van der Waals surface area contributed by atoms with E-state index in [0.29, 0.717) is 17.5 Å². The van der Waals surface area contributed by atoms with E-state index in [9.17, 15) is 9.59 Å². The third-order valence-corrected chi connectivity index (χ3v) is 3.19. The predicted molar refractivity (Wildman–Crippen MR) is 79.8 cm³/mol. The Bertz CT molecular complexity index is 515. The molecule has 1 aliphatic rings. The van der Waals surface area contributed by atoms with Crippen molar-refractivity contribution in [2.45, 2.75) is 25.3 Å². The fourth-order valence-electron chi connectivity index (χ4n) is 1.86. The molecule has 1 saturated carbocycles. The molecule has 0 aromatic heterocycles. The molecule has 0 radical (unpaired) electrons. The van der Waals surface area contributed by atoms with E-state index in [-0.39, 0.29) is 31.4 Å². The van der Waals surface area contributed by atoms with Gasteiger partial charge in [-0.25, -0.2) is 0 Å². The summed E-state index contributed by atoms with van der Waals surface area (Å²) in [5.74, 6) is 0.409. The van der Waals surface area contributed by atoms with Gasteiger partial charge in [-0.05, 0) is 25.0 Å². The van der Waals surface area contributed by atoms with Gasteiger partial charge in [0.1, 0.15) is 5.75 Å². The molecule has 0 atom stereocenters. The van der Waals surface area contributed by atoms with E-state index in [1.54, 1.807) is 31.3 Å². The number of nitrogen functional groups attached to an aromatic ring is 1. The predicted octanol–water partition coefficient (Wildman–Crippen LogP) is 0.775. The highest BCUT2D eigenvalue weighted by molar-refractivity contribution is 5.84. The minimum atomic E-state index is -0.121. The maximum absolute atomic E-state index is 11.9. The summed E-state index contributed by atoms with van der Waals surface area (Å²) in [5.41, 5.74) is 6.26. The normalized spacial score (nSPS) is 13.6. The molecule has 21 heavy (non-hydrogen) atoms. The molecule has 0 spiro atoms. The van der Waals surface area contributed by atoms with Crippen molar-refractivity contribution in [3.8, 4) is 5.75 Å². The van der Waals surface area contributed by atoms with Crippen LogP contribution >= 0.6 is 0 Å². The van der Waals surface area contributed by atoms with Crippen molar-refractivity contribution in [3.05, 3.63) is 24.3 Å². The van der Waals surface area contributed by atoms with Crippen molar-refractivity contribution in [2.75, 3.05) is 25.9 Å². The van der Waals surface area contributed by atoms with Crippen molar-refractivity contribution in [1.29, 1.82) is 0 Å². The highest BCUT2D eigenvalue weighted by Gasteiger charge is 2.24. The van der Waals surface area contributed by atoms with Gasteiger partial charge in [-0.2, -0.15) is 0 Å². The minimum absolute atomic E-state index is 0.0909. The Labute approximate surface area is 124 Å². The van der Waals surface area contributed by atoms with E-state index in [1.165, 1.54) is 4.90 Å². The third kappa shape index (κ3) is 5.33. The number of nitrogens with two attached hydrogens (primary N) is 1. The lowest BCUT2D eigenvalue weighted by atomic mass is 10.3. The first kappa shape index (κ1) is 15.2. The maximum atomic E-state index is 11.9. The number of likely N-dealkylation sites (N-methyl/N-ethyl adjacent to an activating group) is 1. The fraction of sp³-hybridized carbons (Fsp3) is 0.467. The largest absolute Gasteiger partial charge is 0.493 e. The molecule has 0 heterocycles. The molecule has 0 bridgehead atoms. The van der Waals surface area contributed by atoms with Gasteiger partial charge in [0, 0.05) is 24.8 Å². The monoisotopic (exact) mass is 291 g/mol. The lowest BCUT2D eigenvalue weighted by Gasteiger charge is -2.17. The number of hydrogen-bond donors (Lipinski definition) is 2. The van der Waals surface area contributed by atoms with Gasteiger partial charge in [0.15, 0.2) is 0 Å². The van der Waals surface area contributed by atoms with Crippen LogP contribution in [0.3, 0.4) is 0 Å². The summed E-state index contributed by atoms with van der Waals surface area (Å²) >= 11 is 0. The Kier molecular flexibility index (Phi) is 5.03. The van der Waals surface area contributed by atoms with Crippen molar-refractivity contribution in [1.82, 2.24) is 10.2 Å². The maximum Gasteiger partial charge on any atom is 0.239 e. The lowest BCUT2D eigenvalue weighted by molar-refractivity contribution is -0.135. The zero-order chi connectivity index (χ0) is 15.2. The molecule has 114 valence electrons. The highest BCUT2D eigenvalue weighted by Crippen LogP contribution is 2.18. The average molecular weight is 291 g/mol. The number of benzene rings is 1. The molecule has 1 aromatic rings. The number of ether oxygens (including phenoxy) is 1. The van der Waals surface area contributed by atoms with Crippen LogP contribution in [0.1, 0.15) is 19.3 Å². The van der Waals surface area contributed by atoms with Crippen molar-refractivity contribution in [3.63, 3.8) is 0 Å². The van der Waals surface area contributed by atoms with Crippen LogP contribution in [0.2, 0.25) is 0 Å². The van der Waals surface area contributed by atoms with Gasteiger partial charge in [-0.1, -0.05) is 6.07 Å². The number of carbonyl (C=O) groups excluding carboxylic acids is 2. The zero-order valence-electron chi connectivity index (χ0n) is 12.2. The van der Waals surface area contributed by atoms with Crippen molar-refractivity contribution >= 4 is 17.5 Å². The second-order valence-corrected chi connectivity index (χ2v) is 5.26. The summed E-state index contributed by atoms with van der Waals surface area (Å²) in [6, 6.07) is 7.36. The average Bonchev–Trinajstić information content (AvgIpc) is 3.22. The SMILES string of the molecule is CN(CC(=O)NC1CC1)C(=O)CCOc1cccc(N)c1. The molecule has 0 saturated heterocycles. The van der Waals surface area contributed by atoms with E-state index >= 15 is 0 Å². The van der Waals surface area contributed by atoms with Crippen LogP contribution < -0.4 is 15.8 Å². The topological polar surface area (TPSA) is 84.7 Å². The number of rotatable bonds is 7. The summed E-state index contributed by atoms with van der Waals surface area (Å²) in [7, 11) is 1.62. The summed E-state index contributed by atoms with van der Waals surface area (Å²) in [4.78, 5) is 24.9. The Morgan fingerprint density at radius 3 is 2.86 bits per heavy atom. The Balaban J connectivity index is 1.67. The summed E-state index contributed by atoms with van der Waals surface area (Å²) in [6.45, 7) is 0.352. The van der Waals surface area contributed by atoms with Crippen LogP contribution in [0.5, 0.6) is 5.75 Å². The van der Waals surface area contributed by atoms with Gasteiger partial charge in [-0.3, -0.25) is 9.59 Å². The zero-order valence-corrected chi connectivity index (χ0v) is 12.2. The summed E-state index contributed by atoms with van der Waals surface area (Å²) in [5, 5.41) is 2.85. The Morgan fingerprint density at radius 2 is 2.19 bits per heavy atom. The smallest absolute Gasteiger partial charge is 0.239 e. The summed E-state index contributed by atoms with van der Waals surface area (Å²) in [6.07, 6.45) is 2.30. The molecule has 2 amide bonds. The number of hydrogen-bond acceptors (Lipinski definition) is 4. The van der Waals surface area contributed by atoms with E-state index in [0.717, 1.165) is 12.8 Å². The van der Waals surface area contributed by atoms with E-state index in [4.69, 9.17) is 10.5 Å². The quantitative estimate of drug-likeness (QED) is 0.727. The van der Waals surface area contributed by atoms with Crippen LogP contribution in [0, 0.1) is 0 Å². The number of nitrogens with one attached hydrogen (secondary N) is 1. The number of nitrogens with zero attached hydrogens (tertiary/aromatic N) is 1. The molecule has 1 aliphatic carbocycles. The van der Waals surface area contributed by atoms with Gasteiger partial charge in [0.05, 0.1) is 19.6 Å². The molecule has 0 aliphatic heterocycles. The fourth-order valence-corrected chi connectivity index (χ4v) is 1.86. The van der Waals surface area contributed by atoms with Gasteiger partial charge >= 0.3 is 0 Å².